The highest BCUT2D eigenvalue weighted by Crippen LogP contribution is 2.23. The highest BCUT2D eigenvalue weighted by molar-refractivity contribution is 9.10. The summed E-state index contributed by atoms with van der Waals surface area (Å²) in [6.07, 6.45) is 0. The molecule has 1 aromatic carbocycles. The monoisotopic (exact) mass is 337 g/mol. The number of hydrogen-bond acceptors (Lipinski definition) is 1. The third kappa shape index (κ3) is 4.16. The van der Waals surface area contributed by atoms with Gasteiger partial charge in [-0.2, -0.15) is 0 Å². The summed E-state index contributed by atoms with van der Waals surface area (Å²) in [7, 11) is 0. The van der Waals surface area contributed by atoms with Gasteiger partial charge in [0.2, 0.25) is 0 Å². The molecule has 1 unspecified atom stereocenters. The molecular weight excluding hydrogens is 325 g/mol. The van der Waals surface area contributed by atoms with Crippen LogP contribution in [0.15, 0.2) is 22.7 Å². The van der Waals surface area contributed by atoms with Crippen LogP contribution in [0.25, 0.3) is 0 Å². The Morgan fingerprint density at radius 3 is 2.59 bits per heavy atom. The molecule has 0 bridgehead atoms. The maximum absolute atomic E-state index is 11.9. The summed E-state index contributed by atoms with van der Waals surface area (Å²) < 4.78 is 0.707. The molecule has 0 aromatic heterocycles. The van der Waals surface area contributed by atoms with Crippen molar-refractivity contribution in [2.75, 3.05) is 5.88 Å². The van der Waals surface area contributed by atoms with E-state index in [0.717, 1.165) is 0 Å². The maximum Gasteiger partial charge on any atom is 0.251 e. The van der Waals surface area contributed by atoms with E-state index in [9.17, 15) is 4.79 Å². The molecule has 1 aromatic rings. The van der Waals surface area contributed by atoms with Crippen molar-refractivity contribution in [3.63, 3.8) is 0 Å². The Morgan fingerprint density at radius 2 is 2.12 bits per heavy atom. The van der Waals surface area contributed by atoms with Crippen molar-refractivity contribution in [2.24, 2.45) is 5.92 Å². The molecule has 5 heteroatoms. The van der Waals surface area contributed by atoms with Crippen LogP contribution in [0.1, 0.15) is 24.2 Å². The molecule has 1 N–H and O–H groups in total. The van der Waals surface area contributed by atoms with Crippen LogP contribution in [0.4, 0.5) is 0 Å². The van der Waals surface area contributed by atoms with E-state index in [-0.39, 0.29) is 11.9 Å². The van der Waals surface area contributed by atoms with Gasteiger partial charge in [0.25, 0.3) is 5.91 Å². The van der Waals surface area contributed by atoms with E-state index in [2.05, 4.69) is 21.2 Å². The van der Waals surface area contributed by atoms with Gasteiger partial charge in [0.05, 0.1) is 5.02 Å². The summed E-state index contributed by atoms with van der Waals surface area (Å²) in [6.45, 7) is 4.04. The van der Waals surface area contributed by atoms with Crippen molar-refractivity contribution >= 4 is 45.0 Å². The van der Waals surface area contributed by atoms with Gasteiger partial charge in [-0.15, -0.1) is 11.6 Å². The van der Waals surface area contributed by atoms with Crippen LogP contribution >= 0.6 is 39.1 Å². The quantitative estimate of drug-likeness (QED) is 0.823. The predicted molar refractivity (Wildman–Crippen MR) is 76.0 cm³/mol. The first-order chi connectivity index (χ1) is 7.95. The van der Waals surface area contributed by atoms with Crippen molar-refractivity contribution in [3.05, 3.63) is 33.3 Å². The van der Waals surface area contributed by atoms with Crippen LogP contribution in [0, 0.1) is 5.92 Å². The molecule has 0 spiro atoms. The molecule has 1 amide bonds. The topological polar surface area (TPSA) is 29.1 Å². The number of carbonyl (C=O) groups excluding carboxylic acids is 1. The van der Waals surface area contributed by atoms with Crippen LogP contribution in [0.3, 0.4) is 0 Å². The van der Waals surface area contributed by atoms with Gasteiger partial charge in [0.1, 0.15) is 0 Å². The summed E-state index contributed by atoms with van der Waals surface area (Å²) in [5.74, 6) is 0.562. The van der Waals surface area contributed by atoms with Crippen molar-refractivity contribution in [1.82, 2.24) is 5.32 Å². The number of halogens is 3. The Kier molecular flexibility index (Phi) is 5.77. The second kappa shape index (κ2) is 6.62. The van der Waals surface area contributed by atoms with Gasteiger partial charge in [-0.1, -0.05) is 25.4 Å². The Morgan fingerprint density at radius 1 is 1.47 bits per heavy atom. The zero-order valence-corrected chi connectivity index (χ0v) is 12.7. The molecular formula is C12H14BrCl2NO. The molecule has 0 aliphatic heterocycles. The first-order valence-electron chi connectivity index (χ1n) is 5.27. The Balaban J connectivity index is 2.79. The average Bonchev–Trinajstić information content (AvgIpc) is 2.28. The second-order valence-corrected chi connectivity index (χ2v) is 5.68. The Hall–Kier alpha value is -0.250. The summed E-state index contributed by atoms with van der Waals surface area (Å²) in [4.78, 5) is 11.9. The van der Waals surface area contributed by atoms with E-state index in [0.29, 0.717) is 26.9 Å². The molecule has 1 atom stereocenters. The van der Waals surface area contributed by atoms with Gasteiger partial charge in [-0.25, -0.2) is 0 Å². The summed E-state index contributed by atoms with van der Waals surface area (Å²) >= 11 is 15.0. The van der Waals surface area contributed by atoms with Crippen molar-refractivity contribution in [2.45, 2.75) is 19.9 Å². The molecule has 0 aliphatic carbocycles. The minimum Gasteiger partial charge on any atom is -0.348 e. The standard InChI is InChI=1S/C12H14BrCl2NO/c1-7(2)11(6-14)16-12(17)8-3-4-10(15)9(13)5-8/h3-5,7,11H,6H2,1-2H3,(H,16,17). The largest absolute Gasteiger partial charge is 0.348 e. The number of alkyl halides is 1. The fraction of sp³-hybridized carbons (Fsp3) is 0.417. The molecule has 1 rings (SSSR count). The van der Waals surface area contributed by atoms with Crippen LogP contribution in [0.2, 0.25) is 5.02 Å². The molecule has 0 radical (unpaired) electrons. The van der Waals surface area contributed by atoms with Crippen LogP contribution in [0.5, 0.6) is 0 Å². The Labute approximate surface area is 120 Å². The first-order valence-corrected chi connectivity index (χ1v) is 6.98. The smallest absolute Gasteiger partial charge is 0.251 e. The zero-order valence-electron chi connectivity index (χ0n) is 9.64. The lowest BCUT2D eigenvalue weighted by atomic mass is 10.1. The van der Waals surface area contributed by atoms with E-state index in [1.165, 1.54) is 0 Å². The van der Waals surface area contributed by atoms with E-state index in [4.69, 9.17) is 23.2 Å². The fourth-order valence-electron chi connectivity index (χ4n) is 1.27. The number of amides is 1. The Bertz CT molecular complexity index is 409. The van der Waals surface area contributed by atoms with Crippen LogP contribution in [-0.2, 0) is 0 Å². The lowest BCUT2D eigenvalue weighted by Gasteiger charge is -2.19. The molecule has 94 valence electrons. The second-order valence-electron chi connectivity index (χ2n) is 4.11. The van der Waals surface area contributed by atoms with E-state index >= 15 is 0 Å². The fourth-order valence-corrected chi connectivity index (χ4v) is 2.20. The highest BCUT2D eigenvalue weighted by atomic mass is 79.9. The lowest BCUT2D eigenvalue weighted by Crippen LogP contribution is -2.39. The maximum atomic E-state index is 11.9. The van der Waals surface area contributed by atoms with Crippen molar-refractivity contribution < 1.29 is 4.79 Å². The van der Waals surface area contributed by atoms with Crippen LogP contribution < -0.4 is 5.32 Å². The number of carbonyl (C=O) groups is 1. The zero-order chi connectivity index (χ0) is 13.0. The van der Waals surface area contributed by atoms with Gasteiger partial charge in [0.15, 0.2) is 0 Å². The molecule has 0 saturated carbocycles. The van der Waals surface area contributed by atoms with Gasteiger partial charge in [-0.05, 0) is 40.0 Å². The van der Waals surface area contributed by atoms with E-state index < -0.39 is 0 Å². The van der Waals surface area contributed by atoms with E-state index in [1.807, 2.05) is 13.8 Å². The van der Waals surface area contributed by atoms with Crippen molar-refractivity contribution in [3.8, 4) is 0 Å². The molecule has 0 saturated heterocycles. The lowest BCUT2D eigenvalue weighted by molar-refractivity contribution is 0.0931. The number of rotatable bonds is 4. The number of hydrogen-bond donors (Lipinski definition) is 1. The van der Waals surface area contributed by atoms with Gasteiger partial charge < -0.3 is 5.32 Å². The van der Waals surface area contributed by atoms with Crippen LogP contribution in [-0.4, -0.2) is 17.8 Å². The molecule has 17 heavy (non-hydrogen) atoms. The molecule has 2 nitrogen and oxygen atoms in total. The molecule has 0 fully saturated rings. The van der Waals surface area contributed by atoms with Gasteiger partial charge in [0, 0.05) is 22.0 Å². The number of nitrogens with one attached hydrogen (secondary N) is 1. The van der Waals surface area contributed by atoms with Crippen molar-refractivity contribution in [1.29, 1.82) is 0 Å². The molecule has 0 heterocycles. The third-order valence-electron chi connectivity index (χ3n) is 2.47. The van der Waals surface area contributed by atoms with Gasteiger partial charge >= 0.3 is 0 Å². The summed E-state index contributed by atoms with van der Waals surface area (Å²) in [5.41, 5.74) is 0.567. The normalized spacial score (nSPS) is 12.6. The predicted octanol–water partition coefficient (Wildman–Crippen LogP) is 4.10. The third-order valence-corrected chi connectivity index (χ3v) is 4.02. The minimum atomic E-state index is -0.137. The first kappa shape index (κ1) is 14.8. The summed E-state index contributed by atoms with van der Waals surface area (Å²) in [6, 6.07) is 5.04. The average molecular weight is 339 g/mol. The highest BCUT2D eigenvalue weighted by Gasteiger charge is 2.16. The minimum absolute atomic E-state index is 0.0291. The summed E-state index contributed by atoms with van der Waals surface area (Å²) in [5, 5.41) is 3.48. The van der Waals surface area contributed by atoms with Gasteiger partial charge in [-0.3, -0.25) is 4.79 Å². The SMILES string of the molecule is CC(C)C(CCl)NC(=O)c1ccc(Cl)c(Br)c1. The number of benzene rings is 1. The molecule has 0 aliphatic rings. The van der Waals surface area contributed by atoms with E-state index in [1.54, 1.807) is 18.2 Å².